The van der Waals surface area contributed by atoms with Crippen molar-refractivity contribution in [2.45, 2.75) is 0 Å². The minimum absolute atomic E-state index is 0.262. The fourth-order valence-corrected chi connectivity index (χ4v) is 2.39. The molecule has 0 spiro atoms. The molecule has 0 aromatic heterocycles. The van der Waals surface area contributed by atoms with Crippen molar-refractivity contribution in [3.05, 3.63) is 40.4 Å². The molecule has 0 bridgehead atoms. The van der Waals surface area contributed by atoms with Crippen molar-refractivity contribution in [1.29, 1.82) is 0 Å². The smallest absolute Gasteiger partial charge is 0.299 e. The van der Waals surface area contributed by atoms with Crippen LogP contribution in [0.15, 0.2) is 34.8 Å². The van der Waals surface area contributed by atoms with Gasteiger partial charge in [0.1, 0.15) is 0 Å². The maximum atomic E-state index is 11.8. The number of anilines is 1. The zero-order valence-corrected chi connectivity index (χ0v) is 11.2. The number of para-hydroxylation sites is 1. The lowest BCUT2D eigenvalue weighted by Crippen LogP contribution is -2.31. The molecule has 0 atom stereocenters. The van der Waals surface area contributed by atoms with Gasteiger partial charge in [-0.1, -0.05) is 12.6 Å². The van der Waals surface area contributed by atoms with E-state index in [1.807, 2.05) is 0 Å². The van der Waals surface area contributed by atoms with Crippen molar-refractivity contribution >= 4 is 44.9 Å². The first-order valence-electron chi connectivity index (χ1n) is 4.93. The Balaban J connectivity index is 2.47. The van der Waals surface area contributed by atoms with Crippen molar-refractivity contribution in [3.8, 4) is 0 Å². The predicted molar refractivity (Wildman–Crippen MR) is 70.7 cm³/mol. The number of Topliss-reactive ketones (excluding diaryl/α,β-unsaturated/α-hetero) is 1. The summed E-state index contributed by atoms with van der Waals surface area (Å²) < 4.78 is 0.719. The van der Waals surface area contributed by atoms with Crippen molar-refractivity contribution < 1.29 is 9.59 Å². The molecule has 88 valence electrons. The van der Waals surface area contributed by atoms with E-state index in [1.165, 1.54) is 4.90 Å². The van der Waals surface area contributed by atoms with Crippen molar-refractivity contribution in [1.82, 2.24) is 0 Å². The maximum absolute atomic E-state index is 11.8. The van der Waals surface area contributed by atoms with Gasteiger partial charge in [-0.05, 0) is 33.6 Å². The van der Waals surface area contributed by atoms with Gasteiger partial charge in [0.2, 0.25) is 0 Å². The zero-order valence-electron chi connectivity index (χ0n) is 8.87. The fraction of sp³-hybridized carbons (Fsp3) is 0.167. The van der Waals surface area contributed by atoms with Crippen LogP contribution < -0.4 is 4.90 Å². The molecular weight excluding hydrogens is 305 g/mol. The average molecular weight is 315 g/mol. The third kappa shape index (κ3) is 2.03. The van der Waals surface area contributed by atoms with Gasteiger partial charge in [0.05, 0.1) is 11.3 Å². The summed E-state index contributed by atoms with van der Waals surface area (Å²) in [6.07, 6.45) is 0. The van der Waals surface area contributed by atoms with E-state index >= 15 is 0 Å². The molecule has 5 heteroatoms. The zero-order chi connectivity index (χ0) is 12.6. The van der Waals surface area contributed by atoms with E-state index < -0.39 is 11.7 Å². The summed E-state index contributed by atoms with van der Waals surface area (Å²) in [4.78, 5) is 25.0. The van der Waals surface area contributed by atoms with Crippen molar-refractivity contribution in [2.24, 2.45) is 0 Å². The van der Waals surface area contributed by atoms with Gasteiger partial charge in [0, 0.05) is 16.9 Å². The highest BCUT2D eigenvalue weighted by Gasteiger charge is 2.37. The summed E-state index contributed by atoms with van der Waals surface area (Å²) in [7, 11) is 0. The van der Waals surface area contributed by atoms with Gasteiger partial charge in [-0.25, -0.2) is 0 Å². The first-order valence-corrected chi connectivity index (χ1v) is 6.26. The molecule has 1 aliphatic heterocycles. The number of hydrogen-bond acceptors (Lipinski definition) is 2. The number of fused-ring (bicyclic) bond motifs is 1. The Kier molecular flexibility index (Phi) is 3.35. The molecule has 1 aliphatic rings. The van der Waals surface area contributed by atoms with E-state index in [0.29, 0.717) is 16.8 Å². The van der Waals surface area contributed by atoms with Gasteiger partial charge in [-0.15, -0.1) is 11.6 Å². The molecule has 1 aromatic rings. The number of hydrogen-bond donors (Lipinski definition) is 0. The van der Waals surface area contributed by atoms with E-state index in [-0.39, 0.29) is 12.4 Å². The van der Waals surface area contributed by atoms with Crippen LogP contribution in [0.1, 0.15) is 10.4 Å². The van der Waals surface area contributed by atoms with E-state index in [2.05, 4.69) is 22.5 Å². The Morgan fingerprint density at radius 1 is 1.41 bits per heavy atom. The molecule has 0 radical (unpaired) electrons. The molecule has 0 N–H and O–H groups in total. The van der Waals surface area contributed by atoms with Crippen molar-refractivity contribution in [3.63, 3.8) is 0 Å². The summed E-state index contributed by atoms with van der Waals surface area (Å²) in [5.41, 5.74) is 1.72. The fourth-order valence-electron chi connectivity index (χ4n) is 1.73. The van der Waals surface area contributed by atoms with E-state index in [9.17, 15) is 9.59 Å². The lowest BCUT2D eigenvalue weighted by atomic mass is 10.1. The van der Waals surface area contributed by atoms with Crippen LogP contribution in [0.25, 0.3) is 0 Å². The van der Waals surface area contributed by atoms with Crippen LogP contribution in [0.5, 0.6) is 0 Å². The number of nitrogens with zero attached hydrogens (tertiary/aromatic N) is 1. The number of amides is 1. The Morgan fingerprint density at radius 2 is 2.12 bits per heavy atom. The van der Waals surface area contributed by atoms with E-state index in [1.54, 1.807) is 18.2 Å². The monoisotopic (exact) mass is 313 g/mol. The van der Waals surface area contributed by atoms with Crippen LogP contribution in [0.4, 0.5) is 5.69 Å². The Bertz CT molecular complexity index is 527. The number of rotatable bonds is 3. The number of alkyl halides is 1. The quantitative estimate of drug-likeness (QED) is 0.489. The predicted octanol–water partition coefficient (Wildman–Crippen LogP) is 2.77. The first-order chi connectivity index (χ1) is 8.06. The lowest BCUT2D eigenvalue weighted by Gasteiger charge is -2.18. The van der Waals surface area contributed by atoms with Gasteiger partial charge in [-0.3, -0.25) is 14.5 Å². The number of benzene rings is 1. The molecular formula is C12H9BrClNO2. The van der Waals surface area contributed by atoms with Gasteiger partial charge in [-0.2, -0.15) is 0 Å². The number of ketones is 1. The van der Waals surface area contributed by atoms with Gasteiger partial charge >= 0.3 is 0 Å². The number of carbonyl (C=O) groups is 2. The molecule has 3 nitrogen and oxygen atoms in total. The second-order valence-corrected chi connectivity index (χ2v) is 4.86. The average Bonchev–Trinajstić information content (AvgIpc) is 2.56. The summed E-state index contributed by atoms with van der Waals surface area (Å²) >= 11 is 8.99. The Hall–Kier alpha value is -1.13. The summed E-state index contributed by atoms with van der Waals surface area (Å²) in [6, 6.07) is 5.17. The van der Waals surface area contributed by atoms with E-state index in [0.717, 1.165) is 4.47 Å². The SMILES string of the molecule is C=C(CCl)CN1C(=O)C(=O)c2cccc(Br)c21. The van der Waals surface area contributed by atoms with Gasteiger partial charge < -0.3 is 0 Å². The summed E-state index contributed by atoms with van der Waals surface area (Å²) in [5, 5.41) is 0. The van der Waals surface area contributed by atoms with Crippen LogP contribution in [0, 0.1) is 0 Å². The largest absolute Gasteiger partial charge is 0.299 e. The molecule has 0 fully saturated rings. The normalized spacial score (nSPS) is 14.1. The van der Waals surface area contributed by atoms with Gasteiger partial charge in [0.15, 0.2) is 0 Å². The summed E-state index contributed by atoms with van der Waals surface area (Å²) in [5.74, 6) is -0.751. The topological polar surface area (TPSA) is 37.4 Å². The first kappa shape index (κ1) is 12.3. The summed E-state index contributed by atoms with van der Waals surface area (Å²) in [6.45, 7) is 4.01. The van der Waals surface area contributed by atoms with Crippen LogP contribution >= 0.6 is 27.5 Å². The number of halogens is 2. The Labute approximate surface area is 112 Å². The van der Waals surface area contributed by atoms with Crippen molar-refractivity contribution in [2.75, 3.05) is 17.3 Å². The molecule has 1 heterocycles. The molecule has 1 amide bonds. The Morgan fingerprint density at radius 3 is 2.76 bits per heavy atom. The minimum atomic E-state index is -0.529. The molecule has 2 rings (SSSR count). The van der Waals surface area contributed by atoms with Crippen LogP contribution in [-0.2, 0) is 4.79 Å². The van der Waals surface area contributed by atoms with Crippen LogP contribution in [0.3, 0.4) is 0 Å². The highest BCUT2D eigenvalue weighted by Crippen LogP contribution is 2.36. The molecule has 0 unspecified atom stereocenters. The maximum Gasteiger partial charge on any atom is 0.299 e. The minimum Gasteiger partial charge on any atom is -0.299 e. The number of carbonyl (C=O) groups excluding carboxylic acids is 2. The lowest BCUT2D eigenvalue weighted by molar-refractivity contribution is -0.114. The van der Waals surface area contributed by atoms with E-state index in [4.69, 9.17) is 11.6 Å². The van der Waals surface area contributed by atoms with Gasteiger partial charge in [0.25, 0.3) is 11.7 Å². The molecule has 17 heavy (non-hydrogen) atoms. The van der Waals surface area contributed by atoms with Crippen LogP contribution in [0.2, 0.25) is 0 Å². The molecule has 0 saturated heterocycles. The van der Waals surface area contributed by atoms with Crippen LogP contribution in [-0.4, -0.2) is 24.1 Å². The molecule has 0 aliphatic carbocycles. The third-order valence-electron chi connectivity index (χ3n) is 2.51. The highest BCUT2D eigenvalue weighted by atomic mass is 79.9. The highest BCUT2D eigenvalue weighted by molar-refractivity contribution is 9.10. The second-order valence-electron chi connectivity index (χ2n) is 3.74. The molecule has 1 aromatic carbocycles. The second kappa shape index (κ2) is 4.63. The third-order valence-corrected chi connectivity index (χ3v) is 3.53. The molecule has 0 saturated carbocycles. The standard InChI is InChI=1S/C12H9BrClNO2/c1-7(5-14)6-15-10-8(11(16)12(15)17)3-2-4-9(10)13/h2-4H,1,5-6H2.